The molecule has 1 rings (SSSR count). The first-order valence-corrected chi connectivity index (χ1v) is 7.11. The first-order chi connectivity index (χ1) is 8.84. The van der Waals surface area contributed by atoms with Crippen LogP contribution in [0.5, 0.6) is 5.75 Å². The molecule has 1 aromatic rings. The van der Waals surface area contributed by atoms with E-state index in [4.69, 9.17) is 9.88 Å². The van der Waals surface area contributed by atoms with Crippen LogP contribution >= 0.6 is 0 Å². The van der Waals surface area contributed by atoms with Crippen molar-refractivity contribution >= 4 is 15.9 Å². The molecule has 6 nitrogen and oxygen atoms in total. The number of amides is 1. The Morgan fingerprint density at radius 2 is 2.16 bits per heavy atom. The fraction of sp³-hybridized carbons (Fsp3) is 0.364. The Morgan fingerprint density at radius 3 is 2.74 bits per heavy atom. The van der Waals surface area contributed by atoms with Crippen molar-refractivity contribution in [1.29, 1.82) is 0 Å². The van der Waals surface area contributed by atoms with Gasteiger partial charge in [0.1, 0.15) is 16.5 Å². The van der Waals surface area contributed by atoms with Gasteiger partial charge in [0.25, 0.3) is 5.91 Å². The van der Waals surface area contributed by atoms with Crippen molar-refractivity contribution < 1.29 is 22.3 Å². The number of halogens is 1. The molecule has 19 heavy (non-hydrogen) atoms. The van der Waals surface area contributed by atoms with Crippen LogP contribution in [0.2, 0.25) is 0 Å². The lowest BCUT2D eigenvalue weighted by Gasteiger charge is -2.10. The van der Waals surface area contributed by atoms with E-state index in [1.165, 1.54) is 0 Å². The summed E-state index contributed by atoms with van der Waals surface area (Å²) in [6.07, 6.45) is 0.769. The van der Waals surface area contributed by atoms with Crippen LogP contribution in [0.15, 0.2) is 23.1 Å². The average molecular weight is 290 g/mol. The molecule has 0 spiro atoms. The van der Waals surface area contributed by atoms with Gasteiger partial charge in [-0.1, -0.05) is 6.92 Å². The second-order valence-corrected chi connectivity index (χ2v) is 5.30. The molecule has 0 aliphatic carbocycles. The largest absolute Gasteiger partial charge is 0.482 e. The van der Waals surface area contributed by atoms with Gasteiger partial charge in [0, 0.05) is 6.54 Å². The first kappa shape index (κ1) is 15.4. The maximum atomic E-state index is 13.0. The molecule has 0 saturated heterocycles. The Kier molecular flexibility index (Phi) is 5.25. The molecule has 0 bridgehead atoms. The van der Waals surface area contributed by atoms with Crippen LogP contribution in [0.4, 0.5) is 4.39 Å². The summed E-state index contributed by atoms with van der Waals surface area (Å²) in [5, 5.41) is 7.49. The second kappa shape index (κ2) is 6.48. The number of ether oxygens (including phenoxy) is 1. The number of nitrogens with two attached hydrogens (primary N) is 1. The minimum Gasteiger partial charge on any atom is -0.482 e. The topological polar surface area (TPSA) is 98.5 Å². The summed E-state index contributed by atoms with van der Waals surface area (Å²) >= 11 is 0. The van der Waals surface area contributed by atoms with Crippen molar-refractivity contribution in [2.24, 2.45) is 5.14 Å². The molecule has 0 heterocycles. The zero-order valence-corrected chi connectivity index (χ0v) is 11.2. The number of primary sulfonamides is 1. The summed E-state index contributed by atoms with van der Waals surface area (Å²) in [5.41, 5.74) is 0. The third-order valence-corrected chi connectivity index (χ3v) is 3.08. The van der Waals surface area contributed by atoms with Crippen molar-refractivity contribution in [3.05, 3.63) is 24.0 Å². The van der Waals surface area contributed by atoms with E-state index in [1.807, 2.05) is 6.92 Å². The Balaban J connectivity index is 2.82. The number of hydrogen-bond donors (Lipinski definition) is 2. The lowest BCUT2D eigenvalue weighted by Crippen LogP contribution is -2.29. The van der Waals surface area contributed by atoms with Crippen LogP contribution in [0.25, 0.3) is 0 Å². The highest BCUT2D eigenvalue weighted by Gasteiger charge is 2.17. The van der Waals surface area contributed by atoms with Crippen molar-refractivity contribution in [3.8, 4) is 5.75 Å². The average Bonchev–Trinajstić information content (AvgIpc) is 2.33. The number of benzene rings is 1. The van der Waals surface area contributed by atoms with E-state index in [1.54, 1.807) is 0 Å². The van der Waals surface area contributed by atoms with E-state index < -0.39 is 26.6 Å². The highest BCUT2D eigenvalue weighted by Crippen LogP contribution is 2.23. The maximum Gasteiger partial charge on any atom is 0.257 e. The Hall–Kier alpha value is -1.67. The van der Waals surface area contributed by atoms with E-state index in [2.05, 4.69) is 5.32 Å². The summed E-state index contributed by atoms with van der Waals surface area (Å²) in [5.74, 6) is -1.31. The van der Waals surface area contributed by atoms with E-state index in [9.17, 15) is 17.6 Å². The zero-order chi connectivity index (χ0) is 14.5. The smallest absolute Gasteiger partial charge is 0.257 e. The number of carbonyl (C=O) groups is 1. The van der Waals surface area contributed by atoms with E-state index in [0.29, 0.717) is 6.54 Å². The van der Waals surface area contributed by atoms with Gasteiger partial charge in [0.15, 0.2) is 6.61 Å². The van der Waals surface area contributed by atoms with E-state index in [0.717, 1.165) is 24.6 Å². The number of carbonyl (C=O) groups excluding carboxylic acids is 1. The summed E-state index contributed by atoms with van der Waals surface area (Å²) in [4.78, 5) is 10.8. The van der Waals surface area contributed by atoms with Gasteiger partial charge in [-0.2, -0.15) is 0 Å². The number of sulfonamides is 1. The van der Waals surface area contributed by atoms with Gasteiger partial charge in [-0.25, -0.2) is 17.9 Å². The summed E-state index contributed by atoms with van der Waals surface area (Å²) < 4.78 is 40.5. The minimum absolute atomic E-state index is 0.157. The molecule has 0 radical (unpaired) electrons. The van der Waals surface area contributed by atoms with Gasteiger partial charge in [0.2, 0.25) is 10.0 Å². The third-order valence-electron chi connectivity index (χ3n) is 2.14. The lowest BCUT2D eigenvalue weighted by atomic mass is 10.3. The van der Waals surface area contributed by atoms with Gasteiger partial charge in [-0.05, 0) is 24.6 Å². The van der Waals surface area contributed by atoms with Gasteiger partial charge in [-0.15, -0.1) is 0 Å². The molecular weight excluding hydrogens is 275 g/mol. The monoisotopic (exact) mass is 290 g/mol. The van der Waals surface area contributed by atoms with Crippen LogP contribution in [-0.4, -0.2) is 27.5 Å². The Bertz CT molecular complexity index is 560. The highest BCUT2D eigenvalue weighted by atomic mass is 32.2. The van der Waals surface area contributed by atoms with Crippen molar-refractivity contribution in [2.75, 3.05) is 13.2 Å². The van der Waals surface area contributed by atoms with Crippen LogP contribution < -0.4 is 15.2 Å². The highest BCUT2D eigenvalue weighted by molar-refractivity contribution is 7.89. The van der Waals surface area contributed by atoms with E-state index >= 15 is 0 Å². The number of nitrogens with one attached hydrogen (secondary N) is 1. The van der Waals surface area contributed by atoms with Gasteiger partial charge in [0.05, 0.1) is 0 Å². The molecule has 106 valence electrons. The molecule has 0 aliphatic heterocycles. The molecular formula is C11H15FN2O4S. The van der Waals surface area contributed by atoms with Gasteiger partial charge < -0.3 is 10.1 Å². The molecule has 1 aromatic carbocycles. The Labute approximate surface area is 110 Å². The molecule has 0 fully saturated rings. The standard InChI is InChI=1S/C11H15FN2O4S/c1-2-5-14-11(15)7-18-9-4-3-8(12)6-10(9)19(13,16)17/h3-4,6H,2,5,7H2,1H3,(H,14,15)(H2,13,16,17). The first-order valence-electron chi connectivity index (χ1n) is 5.56. The Morgan fingerprint density at radius 1 is 1.47 bits per heavy atom. The third kappa shape index (κ3) is 4.84. The predicted molar refractivity (Wildman–Crippen MR) is 66.6 cm³/mol. The fourth-order valence-electron chi connectivity index (χ4n) is 1.28. The quantitative estimate of drug-likeness (QED) is 0.791. The second-order valence-electron chi connectivity index (χ2n) is 3.77. The van der Waals surface area contributed by atoms with Crippen LogP contribution in [0.3, 0.4) is 0 Å². The number of hydrogen-bond acceptors (Lipinski definition) is 4. The minimum atomic E-state index is -4.12. The number of rotatable bonds is 6. The molecule has 8 heteroatoms. The van der Waals surface area contributed by atoms with Crippen LogP contribution in [0.1, 0.15) is 13.3 Å². The summed E-state index contributed by atoms with van der Waals surface area (Å²) in [7, 11) is -4.12. The van der Waals surface area contributed by atoms with Gasteiger partial charge in [-0.3, -0.25) is 4.79 Å². The zero-order valence-electron chi connectivity index (χ0n) is 10.3. The molecule has 3 N–H and O–H groups in total. The molecule has 0 aromatic heterocycles. The summed E-state index contributed by atoms with van der Waals surface area (Å²) in [6.45, 7) is 2.02. The predicted octanol–water partition coefficient (Wildman–Crippen LogP) is 0.378. The SMILES string of the molecule is CCCNC(=O)COc1ccc(F)cc1S(N)(=O)=O. The lowest BCUT2D eigenvalue weighted by molar-refractivity contribution is -0.123. The molecule has 0 aliphatic rings. The van der Waals surface area contributed by atoms with Crippen molar-refractivity contribution in [2.45, 2.75) is 18.2 Å². The maximum absolute atomic E-state index is 13.0. The molecule has 0 unspecified atom stereocenters. The fourth-order valence-corrected chi connectivity index (χ4v) is 1.97. The van der Waals surface area contributed by atoms with Crippen molar-refractivity contribution in [3.63, 3.8) is 0 Å². The van der Waals surface area contributed by atoms with Crippen molar-refractivity contribution in [1.82, 2.24) is 5.32 Å². The van der Waals surface area contributed by atoms with Crippen LogP contribution in [-0.2, 0) is 14.8 Å². The normalized spacial score (nSPS) is 11.1. The van der Waals surface area contributed by atoms with Crippen LogP contribution in [0, 0.1) is 5.82 Å². The molecule has 0 atom stereocenters. The summed E-state index contributed by atoms with van der Waals surface area (Å²) in [6, 6.07) is 2.88. The molecule has 1 amide bonds. The van der Waals surface area contributed by atoms with E-state index in [-0.39, 0.29) is 12.4 Å². The molecule has 0 saturated carbocycles. The van der Waals surface area contributed by atoms with Gasteiger partial charge >= 0.3 is 0 Å².